The Morgan fingerprint density at radius 2 is 1.57 bits per heavy atom. The molecule has 1 aromatic rings. The number of nitrogens with two attached hydrogens (primary N) is 1. The number of ether oxygens (including phenoxy) is 2. The van der Waals surface area contributed by atoms with Crippen LogP contribution in [-0.4, -0.2) is 45.8 Å². The highest BCUT2D eigenvalue weighted by atomic mass is 16.5. The first kappa shape index (κ1) is 36.5. The van der Waals surface area contributed by atoms with Gasteiger partial charge >= 0.3 is 11.9 Å². The van der Waals surface area contributed by atoms with Crippen LogP contribution in [0.3, 0.4) is 0 Å². The van der Waals surface area contributed by atoms with E-state index in [0.29, 0.717) is 23.7 Å². The highest BCUT2D eigenvalue weighted by Gasteiger charge is 2.72. The lowest BCUT2D eigenvalue weighted by Crippen LogP contribution is -2.67. The van der Waals surface area contributed by atoms with Gasteiger partial charge in [0.05, 0.1) is 34.8 Å². The number of hydrogen-bond donors (Lipinski definition) is 2. The van der Waals surface area contributed by atoms with Gasteiger partial charge in [0.2, 0.25) is 0 Å². The lowest BCUT2D eigenvalue weighted by Gasteiger charge is -2.72. The average Bonchev–Trinajstić information content (AvgIpc) is 3.44. The van der Waals surface area contributed by atoms with Gasteiger partial charge in [0.15, 0.2) is 0 Å². The fraction of sp³-hybridized carbons (Fsp3) is 0.805. The van der Waals surface area contributed by atoms with Crippen LogP contribution < -0.4 is 5.73 Å². The minimum absolute atomic E-state index is 0.0405. The van der Waals surface area contributed by atoms with Crippen molar-refractivity contribution in [3.05, 3.63) is 34.9 Å². The number of aryl methyl sites for hydroxylation is 3. The van der Waals surface area contributed by atoms with Gasteiger partial charge in [-0.2, -0.15) is 0 Å². The second kappa shape index (κ2) is 12.4. The zero-order chi connectivity index (χ0) is 35.9. The van der Waals surface area contributed by atoms with Crippen LogP contribution in [-0.2, 0) is 25.7 Å². The van der Waals surface area contributed by atoms with Gasteiger partial charge in [-0.15, -0.1) is 0 Å². The molecule has 0 aliphatic heterocycles. The predicted molar refractivity (Wildman–Crippen MR) is 190 cm³/mol. The van der Waals surface area contributed by atoms with Crippen LogP contribution in [0.2, 0.25) is 0 Å². The molecule has 49 heavy (non-hydrogen) atoms. The van der Waals surface area contributed by atoms with Gasteiger partial charge in [-0.25, -0.2) is 0 Å². The second-order valence-corrected chi connectivity index (χ2v) is 18.4. The summed E-state index contributed by atoms with van der Waals surface area (Å²) in [5.74, 6) is 1.40. The van der Waals surface area contributed by atoms with Crippen LogP contribution in [0.1, 0.15) is 129 Å². The molecule has 5 fully saturated rings. The number of nitrogens with zero attached hydrogens (tertiary/aromatic N) is 2. The molecule has 11 atom stereocenters. The smallest absolute Gasteiger partial charge is 0.325 e. The van der Waals surface area contributed by atoms with Gasteiger partial charge in [0.25, 0.3) is 0 Å². The van der Waals surface area contributed by atoms with E-state index in [9.17, 15) is 14.7 Å². The van der Waals surface area contributed by atoms with Crippen LogP contribution in [0.5, 0.6) is 0 Å². The molecule has 1 heterocycles. The molecule has 8 nitrogen and oxygen atoms in total. The Bertz CT molecular complexity index is 1510. The van der Waals surface area contributed by atoms with Crippen molar-refractivity contribution in [1.82, 2.24) is 9.97 Å². The number of aliphatic hydroxyl groups excluding tert-OH is 1. The molecule has 0 amide bonds. The first-order valence-corrected chi connectivity index (χ1v) is 19.1. The largest absolute Gasteiger partial charge is 0.461 e. The summed E-state index contributed by atoms with van der Waals surface area (Å²) >= 11 is 0. The van der Waals surface area contributed by atoms with Crippen LogP contribution in [0.4, 0.5) is 0 Å². The Hall–Kier alpha value is -2.32. The number of aromatic nitrogens is 2. The van der Waals surface area contributed by atoms with Crippen LogP contribution in [0.15, 0.2) is 12.2 Å². The summed E-state index contributed by atoms with van der Waals surface area (Å²) in [5.41, 5.74) is 10.1. The summed E-state index contributed by atoms with van der Waals surface area (Å²) in [4.78, 5) is 36.5. The summed E-state index contributed by atoms with van der Waals surface area (Å²) in [5, 5.41) is 9.46. The minimum atomic E-state index is -0.993. The molecule has 1 aromatic heterocycles. The Morgan fingerprint density at radius 3 is 2.24 bits per heavy atom. The molecular weight excluding hydrogens is 614 g/mol. The average molecular weight is 678 g/mol. The van der Waals surface area contributed by atoms with E-state index in [1.165, 1.54) is 5.57 Å². The number of esters is 2. The standard InChI is InChI=1S/C41H63N3O5/c1-23(2)27-13-18-41(36(47)48-22-30-26(5)43-24(3)25(4)44-30)20-19-39(9)28(34(27)41)11-12-32-38(8)16-15-33(49-35(46)29(42)21-45)37(6,7)31(38)14-17-40(32,39)10/h27-29,31-34,45H,1,11-22,42H2,2-10H3/t27-,28+,29-,31-,32+,33-,34+,38-,39+,40+,41-/m0/s1. The van der Waals surface area contributed by atoms with Crippen molar-refractivity contribution in [2.24, 2.45) is 62.4 Å². The second-order valence-electron chi connectivity index (χ2n) is 18.4. The molecule has 0 bridgehead atoms. The number of carbonyl (C=O) groups is 2. The summed E-state index contributed by atoms with van der Waals surface area (Å²) in [6.45, 7) is 24.6. The van der Waals surface area contributed by atoms with E-state index in [2.05, 4.69) is 53.1 Å². The maximum Gasteiger partial charge on any atom is 0.325 e. The van der Waals surface area contributed by atoms with Gasteiger partial charge in [-0.1, -0.05) is 46.8 Å². The van der Waals surface area contributed by atoms with Gasteiger partial charge in [0.1, 0.15) is 18.8 Å². The quantitative estimate of drug-likeness (QED) is 0.227. The lowest BCUT2D eigenvalue weighted by molar-refractivity contribution is -0.251. The number of rotatable bonds is 7. The SMILES string of the molecule is C=C(C)[C@@H]1CC[C@]2(C(=O)OCc3nc(C)c(C)nc3C)CC[C@]3(C)[C@H](CC[C@@H]4[C@@]5(C)CC[C@H](OC(=O)[C@@H](N)CO)C(C)(C)[C@@H]5CC[C@]43C)[C@@H]12. The molecule has 5 aliphatic rings. The first-order valence-electron chi connectivity index (χ1n) is 19.1. The fourth-order valence-electron chi connectivity index (χ4n) is 13.2. The molecule has 0 saturated heterocycles. The summed E-state index contributed by atoms with van der Waals surface area (Å²) in [7, 11) is 0. The Kier molecular flexibility index (Phi) is 9.25. The fourth-order valence-corrected chi connectivity index (χ4v) is 13.2. The monoisotopic (exact) mass is 677 g/mol. The number of allylic oxidation sites excluding steroid dienone is 1. The molecule has 0 spiro atoms. The van der Waals surface area contributed by atoms with Crippen molar-refractivity contribution in [2.75, 3.05) is 6.61 Å². The third kappa shape index (κ3) is 5.35. The summed E-state index contributed by atoms with van der Waals surface area (Å²) in [6, 6.07) is -0.993. The van der Waals surface area contributed by atoms with E-state index in [0.717, 1.165) is 87.0 Å². The third-order valence-corrected chi connectivity index (χ3v) is 16.1. The molecule has 6 rings (SSSR count). The van der Waals surface area contributed by atoms with E-state index in [4.69, 9.17) is 20.2 Å². The van der Waals surface area contributed by atoms with E-state index < -0.39 is 24.0 Å². The summed E-state index contributed by atoms with van der Waals surface area (Å²) < 4.78 is 12.3. The first-order chi connectivity index (χ1) is 22.9. The Morgan fingerprint density at radius 1 is 0.878 bits per heavy atom. The third-order valence-electron chi connectivity index (χ3n) is 16.1. The molecule has 272 valence electrons. The number of fused-ring (bicyclic) bond motifs is 7. The van der Waals surface area contributed by atoms with Crippen LogP contribution in [0, 0.1) is 77.4 Å². The van der Waals surface area contributed by atoms with Crippen molar-refractivity contribution in [2.45, 2.75) is 145 Å². The molecule has 5 saturated carbocycles. The molecule has 0 radical (unpaired) electrons. The number of carbonyl (C=O) groups excluding carboxylic acids is 2. The van der Waals surface area contributed by atoms with E-state index in [-0.39, 0.29) is 46.3 Å². The molecule has 3 N–H and O–H groups in total. The Balaban J connectivity index is 1.28. The number of hydrogen-bond acceptors (Lipinski definition) is 8. The maximum atomic E-state index is 14.5. The minimum Gasteiger partial charge on any atom is -0.461 e. The van der Waals surface area contributed by atoms with Gasteiger partial charge < -0.3 is 20.3 Å². The van der Waals surface area contributed by atoms with E-state index >= 15 is 0 Å². The zero-order valence-electron chi connectivity index (χ0n) is 31.8. The molecule has 0 aromatic carbocycles. The van der Waals surface area contributed by atoms with Crippen molar-refractivity contribution in [3.8, 4) is 0 Å². The van der Waals surface area contributed by atoms with E-state index in [1.54, 1.807) is 0 Å². The zero-order valence-corrected chi connectivity index (χ0v) is 31.8. The van der Waals surface area contributed by atoms with Crippen molar-refractivity contribution in [1.29, 1.82) is 0 Å². The molecular formula is C41H63N3O5. The highest BCUT2D eigenvalue weighted by Crippen LogP contribution is 2.77. The topological polar surface area (TPSA) is 125 Å². The van der Waals surface area contributed by atoms with Crippen LogP contribution in [0.25, 0.3) is 0 Å². The van der Waals surface area contributed by atoms with Gasteiger partial charge in [0, 0.05) is 5.41 Å². The molecule has 5 aliphatic carbocycles. The predicted octanol–water partition coefficient (Wildman–Crippen LogP) is 7.33. The van der Waals surface area contributed by atoms with E-state index in [1.807, 2.05) is 20.8 Å². The maximum absolute atomic E-state index is 14.5. The highest BCUT2D eigenvalue weighted by molar-refractivity contribution is 5.78. The van der Waals surface area contributed by atoms with Gasteiger partial charge in [-0.05, 0) is 138 Å². The van der Waals surface area contributed by atoms with Crippen LogP contribution >= 0.6 is 0 Å². The van der Waals surface area contributed by atoms with Gasteiger partial charge in [-0.3, -0.25) is 19.6 Å². The molecule has 8 heteroatoms. The number of aliphatic hydroxyl groups is 1. The normalized spacial score (nSPS) is 41.4. The lowest BCUT2D eigenvalue weighted by atomic mass is 9.32. The van der Waals surface area contributed by atoms with Crippen molar-refractivity contribution < 1.29 is 24.2 Å². The summed E-state index contributed by atoms with van der Waals surface area (Å²) in [6.07, 6.45) is 9.89. The van der Waals surface area contributed by atoms with Crippen molar-refractivity contribution in [3.63, 3.8) is 0 Å². The van der Waals surface area contributed by atoms with Crippen molar-refractivity contribution >= 4 is 11.9 Å². The Labute approximate surface area is 294 Å². The molecule has 0 unspecified atom stereocenters.